The maximum absolute atomic E-state index is 12.4. The minimum absolute atomic E-state index is 0.0979. The molecule has 0 saturated heterocycles. The highest BCUT2D eigenvalue weighted by Gasteiger charge is 2.23. The van der Waals surface area contributed by atoms with Crippen molar-refractivity contribution < 1.29 is 22.8 Å². The third kappa shape index (κ3) is 3.66. The molecule has 9 nitrogen and oxygen atoms in total. The lowest BCUT2D eigenvalue weighted by molar-refractivity contribution is 0.0897. The van der Waals surface area contributed by atoms with Crippen LogP contribution in [0.4, 0.5) is 0 Å². The van der Waals surface area contributed by atoms with Crippen LogP contribution >= 0.6 is 0 Å². The van der Waals surface area contributed by atoms with Crippen molar-refractivity contribution in [2.24, 2.45) is 0 Å². The van der Waals surface area contributed by atoms with E-state index >= 15 is 0 Å². The summed E-state index contributed by atoms with van der Waals surface area (Å²) in [6.45, 7) is 5.18. The summed E-state index contributed by atoms with van der Waals surface area (Å²) in [5, 5.41) is 5.51. The summed E-state index contributed by atoms with van der Waals surface area (Å²) >= 11 is 0. The molecular formula is C17H18N4O5. The summed E-state index contributed by atoms with van der Waals surface area (Å²) in [6.07, 6.45) is 2.40. The third-order valence-electron chi connectivity index (χ3n) is 3.80. The molecule has 0 bridgehead atoms. The van der Waals surface area contributed by atoms with Crippen LogP contribution in [0.5, 0.6) is 0 Å². The Morgan fingerprint density at radius 2 is 1.62 bits per heavy atom. The zero-order chi connectivity index (χ0) is 18.7. The molecule has 0 aromatic carbocycles. The van der Waals surface area contributed by atoms with Gasteiger partial charge in [0.2, 0.25) is 0 Å². The third-order valence-corrected chi connectivity index (χ3v) is 3.80. The average Bonchev–Trinajstić information content (AvgIpc) is 3.32. The number of rotatable bonds is 6. The molecule has 3 aromatic rings. The van der Waals surface area contributed by atoms with Gasteiger partial charge in [0, 0.05) is 6.54 Å². The van der Waals surface area contributed by atoms with E-state index in [2.05, 4.69) is 20.6 Å². The molecule has 2 amide bonds. The highest BCUT2D eigenvalue weighted by atomic mass is 16.3. The number of hydrogen-bond donors (Lipinski definition) is 2. The van der Waals surface area contributed by atoms with Crippen LogP contribution in [0.2, 0.25) is 0 Å². The van der Waals surface area contributed by atoms with Gasteiger partial charge in [0.05, 0.1) is 0 Å². The Morgan fingerprint density at radius 3 is 2.12 bits per heavy atom. The Kier molecular flexibility index (Phi) is 4.87. The number of aromatic nitrogens is 2. The second-order valence-electron chi connectivity index (χ2n) is 5.70. The van der Waals surface area contributed by atoms with E-state index in [4.69, 9.17) is 13.3 Å². The van der Waals surface area contributed by atoms with Crippen LogP contribution in [0.25, 0.3) is 0 Å². The van der Waals surface area contributed by atoms with Crippen molar-refractivity contribution >= 4 is 11.8 Å². The molecule has 0 unspecified atom stereocenters. The zero-order valence-corrected chi connectivity index (χ0v) is 14.5. The van der Waals surface area contributed by atoms with Crippen LogP contribution < -0.4 is 10.6 Å². The highest BCUT2D eigenvalue weighted by molar-refractivity contribution is 5.94. The van der Waals surface area contributed by atoms with Crippen molar-refractivity contribution in [3.05, 3.63) is 59.3 Å². The molecule has 136 valence electrons. The molecule has 1 atom stereocenters. The zero-order valence-electron chi connectivity index (χ0n) is 14.5. The van der Waals surface area contributed by atoms with Crippen LogP contribution in [0.3, 0.4) is 0 Å². The number of nitrogens with one attached hydrogen (secondary N) is 2. The molecule has 26 heavy (non-hydrogen) atoms. The number of carbonyl (C=O) groups excluding carboxylic acids is 2. The van der Waals surface area contributed by atoms with E-state index in [0.29, 0.717) is 23.0 Å². The number of oxazole rings is 2. The maximum atomic E-state index is 12.4. The lowest BCUT2D eigenvalue weighted by Gasteiger charge is -2.17. The molecule has 0 radical (unpaired) electrons. The van der Waals surface area contributed by atoms with E-state index in [-0.39, 0.29) is 17.9 Å². The largest absolute Gasteiger partial charge is 0.464 e. The normalized spacial score (nSPS) is 12.0. The van der Waals surface area contributed by atoms with E-state index in [1.807, 2.05) is 0 Å². The lowest BCUT2D eigenvalue weighted by Crippen LogP contribution is -2.38. The fourth-order valence-corrected chi connectivity index (χ4v) is 2.42. The average molecular weight is 358 g/mol. The van der Waals surface area contributed by atoms with Gasteiger partial charge in [-0.2, -0.15) is 0 Å². The first-order valence-corrected chi connectivity index (χ1v) is 7.91. The van der Waals surface area contributed by atoms with Crippen LogP contribution in [0.1, 0.15) is 50.1 Å². The van der Waals surface area contributed by atoms with Gasteiger partial charge in [-0.05, 0) is 32.9 Å². The molecule has 0 saturated carbocycles. The smallest absolute Gasteiger partial charge is 0.274 e. The molecule has 0 fully saturated rings. The summed E-state index contributed by atoms with van der Waals surface area (Å²) in [4.78, 5) is 32.4. The van der Waals surface area contributed by atoms with Gasteiger partial charge in [0.1, 0.15) is 29.1 Å². The van der Waals surface area contributed by atoms with Gasteiger partial charge in [-0.1, -0.05) is 0 Å². The van der Waals surface area contributed by atoms with E-state index in [0.717, 1.165) is 0 Å². The lowest BCUT2D eigenvalue weighted by atomic mass is 10.2. The summed E-state index contributed by atoms with van der Waals surface area (Å²) in [5.41, 5.74) is 0.370. The number of furan rings is 1. The predicted molar refractivity (Wildman–Crippen MR) is 88.5 cm³/mol. The molecule has 3 aromatic heterocycles. The van der Waals surface area contributed by atoms with E-state index < -0.39 is 17.9 Å². The second kappa shape index (κ2) is 7.26. The first kappa shape index (κ1) is 17.5. The van der Waals surface area contributed by atoms with Gasteiger partial charge in [-0.25, -0.2) is 9.97 Å². The molecule has 9 heteroatoms. The second-order valence-corrected chi connectivity index (χ2v) is 5.70. The van der Waals surface area contributed by atoms with Gasteiger partial charge in [-0.3, -0.25) is 9.59 Å². The Hall–Kier alpha value is -3.36. The van der Waals surface area contributed by atoms with Gasteiger partial charge in [0.15, 0.2) is 24.2 Å². The fraction of sp³-hybridized carbons (Fsp3) is 0.294. The van der Waals surface area contributed by atoms with Crippen LogP contribution in [-0.2, 0) is 0 Å². The standard InChI is InChI=1S/C17H18N4O5/c1-9-4-5-13(26-9)12(21-17(23)15-11(3)25-8-20-15)6-18-16(22)14-10(2)24-7-19-14/h4-5,7-8,12H,6H2,1-3H3,(H,18,22)(H,21,23)/t12-/m0/s1. The van der Waals surface area contributed by atoms with Crippen molar-refractivity contribution in [2.75, 3.05) is 6.54 Å². The SMILES string of the molecule is Cc1ccc([C@H](CNC(=O)c2ncoc2C)NC(=O)c2ncoc2C)o1. The molecule has 0 aliphatic heterocycles. The molecule has 3 heterocycles. The van der Waals surface area contributed by atoms with Gasteiger partial charge in [-0.15, -0.1) is 0 Å². The molecule has 0 aliphatic rings. The number of carbonyl (C=O) groups is 2. The fourth-order valence-electron chi connectivity index (χ4n) is 2.42. The Balaban J connectivity index is 1.74. The van der Waals surface area contributed by atoms with Gasteiger partial charge in [0.25, 0.3) is 11.8 Å². The minimum Gasteiger partial charge on any atom is -0.464 e. The molecule has 0 aliphatic carbocycles. The van der Waals surface area contributed by atoms with Gasteiger partial charge < -0.3 is 23.9 Å². The number of aryl methyl sites for hydroxylation is 3. The summed E-state index contributed by atoms with van der Waals surface area (Å²) in [7, 11) is 0. The van der Waals surface area contributed by atoms with Crippen LogP contribution in [-0.4, -0.2) is 28.3 Å². The minimum atomic E-state index is -0.594. The van der Waals surface area contributed by atoms with E-state index in [1.165, 1.54) is 12.8 Å². The van der Waals surface area contributed by atoms with Crippen LogP contribution in [0, 0.1) is 20.8 Å². The monoisotopic (exact) mass is 358 g/mol. The maximum Gasteiger partial charge on any atom is 0.274 e. The number of hydrogen-bond acceptors (Lipinski definition) is 7. The Labute approximate surface area is 148 Å². The van der Waals surface area contributed by atoms with Crippen molar-refractivity contribution in [1.82, 2.24) is 20.6 Å². The quantitative estimate of drug-likeness (QED) is 0.691. The Bertz CT molecular complexity index is 923. The van der Waals surface area contributed by atoms with Crippen molar-refractivity contribution in [3.63, 3.8) is 0 Å². The molecular weight excluding hydrogens is 340 g/mol. The van der Waals surface area contributed by atoms with E-state index in [1.54, 1.807) is 32.9 Å². The van der Waals surface area contributed by atoms with Gasteiger partial charge >= 0.3 is 0 Å². The predicted octanol–water partition coefficient (Wildman–Crippen LogP) is 2.08. The molecule has 0 spiro atoms. The number of nitrogens with zero attached hydrogens (tertiary/aromatic N) is 2. The van der Waals surface area contributed by atoms with Crippen molar-refractivity contribution in [3.8, 4) is 0 Å². The molecule has 2 N–H and O–H groups in total. The summed E-state index contributed by atoms with van der Waals surface area (Å²) in [5.74, 6) is 1.18. The summed E-state index contributed by atoms with van der Waals surface area (Å²) < 4.78 is 15.7. The van der Waals surface area contributed by atoms with Crippen LogP contribution in [0.15, 0.2) is 38.2 Å². The van der Waals surface area contributed by atoms with Crippen molar-refractivity contribution in [1.29, 1.82) is 0 Å². The molecule has 3 rings (SSSR count). The Morgan fingerprint density at radius 1 is 1.00 bits per heavy atom. The first-order chi connectivity index (χ1) is 12.5. The van der Waals surface area contributed by atoms with Crippen molar-refractivity contribution in [2.45, 2.75) is 26.8 Å². The number of amides is 2. The highest BCUT2D eigenvalue weighted by Crippen LogP contribution is 2.17. The topological polar surface area (TPSA) is 123 Å². The van der Waals surface area contributed by atoms with E-state index in [9.17, 15) is 9.59 Å². The summed E-state index contributed by atoms with van der Waals surface area (Å²) in [6, 6.07) is 2.92. The first-order valence-electron chi connectivity index (χ1n) is 7.91.